The molecule has 0 bridgehead atoms. The Morgan fingerprint density at radius 1 is 1.08 bits per heavy atom. The highest BCUT2D eigenvalue weighted by Crippen LogP contribution is 2.26. The van der Waals surface area contributed by atoms with Gasteiger partial charge in [0.05, 0.1) is 0 Å². The summed E-state index contributed by atoms with van der Waals surface area (Å²) in [6.45, 7) is 3.87. The first-order chi connectivity index (χ1) is 5.93. The van der Waals surface area contributed by atoms with Crippen molar-refractivity contribution in [1.82, 2.24) is 0 Å². The minimum Gasteiger partial charge on any atom is -0.0533 e. The fourth-order valence-corrected chi connectivity index (χ4v) is 2.04. The van der Waals surface area contributed by atoms with Gasteiger partial charge in [-0.25, -0.2) is 0 Å². The van der Waals surface area contributed by atoms with Crippen molar-refractivity contribution >= 4 is 0 Å². The van der Waals surface area contributed by atoms with E-state index in [1.54, 1.807) is 0 Å². The summed E-state index contributed by atoms with van der Waals surface area (Å²) < 4.78 is 0. The number of rotatable bonds is 4. The van der Waals surface area contributed by atoms with Gasteiger partial charge in [-0.05, 0) is 18.8 Å². The van der Waals surface area contributed by atoms with Crippen molar-refractivity contribution in [1.29, 1.82) is 0 Å². The Morgan fingerprint density at radius 2 is 1.75 bits per heavy atom. The third kappa shape index (κ3) is 4.13. The molecule has 12 heavy (non-hydrogen) atoms. The first kappa shape index (κ1) is 10.1. The zero-order chi connectivity index (χ0) is 8.65. The van der Waals surface area contributed by atoms with E-state index < -0.39 is 0 Å². The summed E-state index contributed by atoms with van der Waals surface area (Å²) in [5, 5.41) is 0. The van der Waals surface area contributed by atoms with Crippen LogP contribution in [0.25, 0.3) is 0 Å². The van der Waals surface area contributed by atoms with Gasteiger partial charge in [0.15, 0.2) is 0 Å². The highest BCUT2D eigenvalue weighted by Gasteiger charge is 2.11. The smallest absolute Gasteiger partial charge is 0.0355 e. The maximum atomic E-state index is 3.87. The lowest BCUT2D eigenvalue weighted by atomic mass is 9.94. The highest BCUT2D eigenvalue weighted by atomic mass is 14.2. The molecular formula is C12H22. The van der Waals surface area contributed by atoms with Crippen LogP contribution < -0.4 is 0 Å². The molecule has 2 radical (unpaired) electrons. The van der Waals surface area contributed by atoms with Crippen LogP contribution in [0.2, 0.25) is 0 Å². The minimum atomic E-state index is 0.944. The van der Waals surface area contributed by atoms with E-state index in [2.05, 4.69) is 13.3 Å². The second-order valence-corrected chi connectivity index (χ2v) is 3.98. The molecule has 0 N–H and O–H groups in total. The average Bonchev–Trinajstić information content (AvgIpc) is 2.33. The van der Waals surface area contributed by atoms with Crippen molar-refractivity contribution in [3.63, 3.8) is 0 Å². The standard InChI is InChI=1S/C12H22/c1-2-3-6-9-12-10-7-4-5-8-11-12/h9,12H,1-8,10-11H2. The summed E-state index contributed by atoms with van der Waals surface area (Å²) in [5.74, 6) is 0.944. The summed E-state index contributed by atoms with van der Waals surface area (Å²) in [5.41, 5.74) is 0. The molecule has 0 heteroatoms. The fraction of sp³-hybridized carbons (Fsp3) is 0.833. The van der Waals surface area contributed by atoms with Crippen LogP contribution in [0.3, 0.4) is 0 Å². The van der Waals surface area contributed by atoms with E-state index in [0.717, 1.165) is 12.3 Å². The highest BCUT2D eigenvalue weighted by molar-refractivity contribution is 4.78. The van der Waals surface area contributed by atoms with Crippen molar-refractivity contribution < 1.29 is 0 Å². The lowest BCUT2D eigenvalue weighted by Crippen LogP contribution is -1.99. The Balaban J connectivity index is 2.04. The Hall–Kier alpha value is 0. The molecule has 0 unspecified atom stereocenters. The van der Waals surface area contributed by atoms with Gasteiger partial charge in [0, 0.05) is 0 Å². The molecule has 1 saturated carbocycles. The maximum absolute atomic E-state index is 3.87. The van der Waals surface area contributed by atoms with E-state index in [4.69, 9.17) is 0 Å². The van der Waals surface area contributed by atoms with Gasteiger partial charge in [-0.3, -0.25) is 0 Å². The molecule has 0 heterocycles. The van der Waals surface area contributed by atoms with E-state index in [0.29, 0.717) is 0 Å². The number of unbranched alkanes of at least 4 members (excludes halogenated alkanes) is 2. The summed E-state index contributed by atoms with van der Waals surface area (Å²) in [6.07, 6.45) is 15.0. The van der Waals surface area contributed by atoms with E-state index >= 15 is 0 Å². The molecule has 70 valence electrons. The Bertz CT molecular complexity index is 88.2. The molecule has 0 amide bonds. The summed E-state index contributed by atoms with van der Waals surface area (Å²) in [6, 6.07) is 0. The zero-order valence-corrected chi connectivity index (χ0v) is 8.23. The molecule has 1 aliphatic carbocycles. The molecule has 0 aromatic heterocycles. The van der Waals surface area contributed by atoms with Gasteiger partial charge in [-0.15, -0.1) is 0 Å². The largest absolute Gasteiger partial charge is 0.0533 e. The Labute approximate surface area is 77.7 Å². The molecule has 0 aromatic carbocycles. The van der Waals surface area contributed by atoms with Gasteiger partial charge in [0.25, 0.3) is 0 Å². The average molecular weight is 166 g/mol. The molecule has 1 rings (SSSR count). The Morgan fingerprint density at radius 3 is 2.33 bits per heavy atom. The second kappa shape index (κ2) is 6.51. The van der Waals surface area contributed by atoms with Gasteiger partial charge in [0.1, 0.15) is 0 Å². The van der Waals surface area contributed by atoms with Crippen LogP contribution in [0.5, 0.6) is 0 Å². The van der Waals surface area contributed by atoms with Crippen LogP contribution in [0.1, 0.15) is 57.8 Å². The van der Waals surface area contributed by atoms with Gasteiger partial charge in [0.2, 0.25) is 0 Å². The predicted octanol–water partition coefficient (Wildman–Crippen LogP) is 4.17. The lowest BCUT2D eigenvalue weighted by molar-refractivity contribution is 0.501. The normalized spacial score (nSPS) is 20.8. The molecule has 0 saturated heterocycles. The van der Waals surface area contributed by atoms with Crippen LogP contribution in [-0.4, -0.2) is 0 Å². The van der Waals surface area contributed by atoms with Crippen molar-refractivity contribution in [2.75, 3.05) is 0 Å². The van der Waals surface area contributed by atoms with Crippen LogP contribution in [0, 0.1) is 19.3 Å². The van der Waals surface area contributed by atoms with E-state index in [9.17, 15) is 0 Å². The first-order valence-electron chi connectivity index (χ1n) is 5.56. The van der Waals surface area contributed by atoms with Crippen molar-refractivity contribution in [3.05, 3.63) is 13.3 Å². The second-order valence-electron chi connectivity index (χ2n) is 3.98. The van der Waals surface area contributed by atoms with Crippen LogP contribution in [0.4, 0.5) is 0 Å². The quantitative estimate of drug-likeness (QED) is 0.434. The molecule has 1 fully saturated rings. The van der Waals surface area contributed by atoms with Crippen LogP contribution >= 0.6 is 0 Å². The minimum absolute atomic E-state index is 0.944. The lowest BCUT2D eigenvalue weighted by Gasteiger charge is -2.12. The molecule has 0 spiro atoms. The van der Waals surface area contributed by atoms with Gasteiger partial charge in [-0.1, -0.05) is 58.3 Å². The molecule has 0 atom stereocenters. The Kier molecular flexibility index (Phi) is 5.47. The summed E-state index contributed by atoms with van der Waals surface area (Å²) in [7, 11) is 0. The van der Waals surface area contributed by atoms with Gasteiger partial charge in [-0.2, -0.15) is 0 Å². The zero-order valence-electron chi connectivity index (χ0n) is 8.23. The molecule has 0 nitrogen and oxygen atoms in total. The van der Waals surface area contributed by atoms with Crippen LogP contribution in [-0.2, 0) is 0 Å². The van der Waals surface area contributed by atoms with E-state index in [1.807, 2.05) is 0 Å². The van der Waals surface area contributed by atoms with Crippen molar-refractivity contribution in [3.8, 4) is 0 Å². The van der Waals surface area contributed by atoms with Crippen molar-refractivity contribution in [2.24, 2.45) is 5.92 Å². The summed E-state index contributed by atoms with van der Waals surface area (Å²) in [4.78, 5) is 0. The SMILES string of the molecule is [CH2]CCC[CH]C1CCCCCC1. The van der Waals surface area contributed by atoms with Gasteiger partial charge >= 0.3 is 0 Å². The first-order valence-corrected chi connectivity index (χ1v) is 5.56. The number of hydrogen-bond donors (Lipinski definition) is 0. The third-order valence-electron chi connectivity index (χ3n) is 2.85. The van der Waals surface area contributed by atoms with Crippen molar-refractivity contribution in [2.45, 2.75) is 57.8 Å². The number of hydrogen-bond acceptors (Lipinski definition) is 0. The summed E-state index contributed by atoms with van der Waals surface area (Å²) >= 11 is 0. The van der Waals surface area contributed by atoms with E-state index in [-0.39, 0.29) is 0 Å². The van der Waals surface area contributed by atoms with Crippen LogP contribution in [0.15, 0.2) is 0 Å². The molecule has 0 aliphatic heterocycles. The maximum Gasteiger partial charge on any atom is -0.0355 e. The monoisotopic (exact) mass is 166 g/mol. The predicted molar refractivity (Wildman–Crippen MR) is 54.7 cm³/mol. The molecule has 1 aliphatic rings. The van der Waals surface area contributed by atoms with E-state index in [1.165, 1.54) is 51.4 Å². The third-order valence-corrected chi connectivity index (χ3v) is 2.85. The van der Waals surface area contributed by atoms with Gasteiger partial charge < -0.3 is 0 Å². The topological polar surface area (TPSA) is 0 Å². The fourth-order valence-electron chi connectivity index (χ4n) is 2.04. The molecular weight excluding hydrogens is 144 g/mol. The molecule has 0 aromatic rings.